The number of ether oxygens (including phenoxy) is 3. The van der Waals surface area contributed by atoms with Gasteiger partial charge in [-0.25, -0.2) is 9.59 Å². The van der Waals surface area contributed by atoms with Crippen molar-refractivity contribution in [2.24, 2.45) is 0 Å². The quantitative estimate of drug-likeness (QED) is 0.274. The van der Waals surface area contributed by atoms with Gasteiger partial charge in [-0.15, -0.1) is 11.3 Å². The Bertz CT molecular complexity index is 969. The minimum absolute atomic E-state index is 0.0225. The highest BCUT2D eigenvalue weighted by atomic mass is 32.1. The van der Waals surface area contributed by atoms with Crippen molar-refractivity contribution >= 4 is 39.9 Å². The molecule has 0 aliphatic carbocycles. The highest BCUT2D eigenvalue weighted by Crippen LogP contribution is 2.34. The van der Waals surface area contributed by atoms with Crippen LogP contribution >= 0.6 is 11.3 Å². The Kier molecular flexibility index (Phi) is 8.01. The van der Waals surface area contributed by atoms with E-state index < -0.39 is 22.8 Å². The van der Waals surface area contributed by atoms with Gasteiger partial charge in [0.05, 0.1) is 23.7 Å². The van der Waals surface area contributed by atoms with Crippen LogP contribution in [0.25, 0.3) is 0 Å². The average Bonchev–Trinajstić information content (AvgIpc) is 3.04. The van der Waals surface area contributed by atoms with Gasteiger partial charge in [-0.05, 0) is 25.5 Å². The molecule has 0 radical (unpaired) electrons. The molecule has 0 aliphatic heterocycles. The molecular formula is C19H20N2O8S. The number of nitro benzene ring substituents is 1. The highest BCUT2D eigenvalue weighted by molar-refractivity contribution is 7.18. The van der Waals surface area contributed by atoms with Crippen molar-refractivity contribution in [2.45, 2.75) is 13.8 Å². The Morgan fingerprint density at radius 3 is 2.53 bits per heavy atom. The van der Waals surface area contributed by atoms with Gasteiger partial charge in [-0.1, -0.05) is 6.07 Å². The molecule has 2 rings (SSSR count). The summed E-state index contributed by atoms with van der Waals surface area (Å²) in [7, 11) is 1.46. The van der Waals surface area contributed by atoms with Crippen molar-refractivity contribution in [1.29, 1.82) is 0 Å². The molecule has 2 aromatic rings. The lowest BCUT2D eigenvalue weighted by molar-refractivity contribution is -0.384. The lowest BCUT2D eigenvalue weighted by Crippen LogP contribution is -2.15. The number of hydrogen-bond donors (Lipinski definition) is 1. The Balaban J connectivity index is 2.37. The zero-order valence-corrected chi connectivity index (χ0v) is 17.4. The molecule has 10 nitrogen and oxygen atoms in total. The Hall–Kier alpha value is -3.31. The fraction of sp³-hybridized carbons (Fsp3) is 0.316. The van der Waals surface area contributed by atoms with E-state index in [0.717, 1.165) is 17.4 Å². The van der Waals surface area contributed by atoms with Crippen LogP contribution in [0.4, 0.5) is 10.7 Å². The van der Waals surface area contributed by atoms with Crippen LogP contribution in [-0.4, -0.2) is 49.7 Å². The molecule has 1 aromatic carbocycles. The van der Waals surface area contributed by atoms with Crippen LogP contribution in [-0.2, 0) is 14.2 Å². The molecule has 1 amide bonds. The van der Waals surface area contributed by atoms with Gasteiger partial charge in [-0.2, -0.15) is 0 Å². The number of esters is 2. The van der Waals surface area contributed by atoms with E-state index in [0.29, 0.717) is 5.56 Å². The first-order valence-corrected chi connectivity index (χ1v) is 9.64. The smallest absolute Gasteiger partial charge is 0.348 e. The summed E-state index contributed by atoms with van der Waals surface area (Å²) in [5, 5.41) is 13.6. The van der Waals surface area contributed by atoms with Crippen LogP contribution in [0.2, 0.25) is 0 Å². The van der Waals surface area contributed by atoms with E-state index in [1.165, 1.54) is 25.3 Å². The summed E-state index contributed by atoms with van der Waals surface area (Å²) in [4.78, 5) is 47.8. The largest absolute Gasteiger partial charge is 0.462 e. The topological polar surface area (TPSA) is 134 Å². The monoisotopic (exact) mass is 436 g/mol. The summed E-state index contributed by atoms with van der Waals surface area (Å²) in [5.74, 6) is -2.06. The van der Waals surface area contributed by atoms with Crippen LogP contribution in [0.15, 0.2) is 24.3 Å². The van der Waals surface area contributed by atoms with E-state index in [1.807, 2.05) is 0 Å². The summed E-state index contributed by atoms with van der Waals surface area (Å²) < 4.78 is 15.0. The third-order valence-corrected chi connectivity index (χ3v) is 5.07. The maximum atomic E-state index is 12.6. The predicted octanol–water partition coefficient (Wildman–Crippen LogP) is 3.20. The molecule has 0 saturated heterocycles. The minimum atomic E-state index is -0.712. The molecule has 0 bridgehead atoms. The SMILES string of the molecule is CCOC(=O)c1c(NC(=O)c2cccc([N+](=O)[O-])c2)sc(C(=O)OCCOC)c1C. The number of nitrogens with zero attached hydrogens (tertiary/aromatic N) is 1. The first kappa shape index (κ1) is 23.0. The second-order valence-corrected chi connectivity index (χ2v) is 6.89. The molecule has 1 heterocycles. The third-order valence-electron chi connectivity index (χ3n) is 3.88. The number of non-ortho nitro benzene ring substituents is 1. The summed E-state index contributed by atoms with van der Waals surface area (Å²) in [6, 6.07) is 5.13. The first-order valence-electron chi connectivity index (χ1n) is 8.82. The van der Waals surface area contributed by atoms with Gasteiger partial charge >= 0.3 is 11.9 Å². The number of rotatable bonds is 9. The molecule has 0 spiro atoms. The molecule has 30 heavy (non-hydrogen) atoms. The van der Waals surface area contributed by atoms with E-state index in [1.54, 1.807) is 13.8 Å². The van der Waals surface area contributed by atoms with Crippen molar-refractivity contribution in [3.63, 3.8) is 0 Å². The van der Waals surface area contributed by atoms with Crippen molar-refractivity contribution in [3.8, 4) is 0 Å². The number of hydrogen-bond acceptors (Lipinski definition) is 9. The number of nitrogens with one attached hydrogen (secondary N) is 1. The van der Waals surface area contributed by atoms with Gasteiger partial charge in [0.15, 0.2) is 0 Å². The maximum absolute atomic E-state index is 12.6. The van der Waals surface area contributed by atoms with Gasteiger partial charge in [0.25, 0.3) is 11.6 Å². The number of thiophene rings is 1. The average molecular weight is 436 g/mol. The van der Waals surface area contributed by atoms with E-state index in [2.05, 4.69) is 5.32 Å². The first-order chi connectivity index (χ1) is 14.3. The van der Waals surface area contributed by atoms with Crippen molar-refractivity contribution in [2.75, 3.05) is 32.2 Å². The molecule has 0 saturated carbocycles. The van der Waals surface area contributed by atoms with Crippen molar-refractivity contribution < 1.29 is 33.5 Å². The second kappa shape index (κ2) is 10.5. The van der Waals surface area contributed by atoms with Gasteiger partial charge in [0.2, 0.25) is 0 Å². The minimum Gasteiger partial charge on any atom is -0.462 e. The summed E-state index contributed by atoms with van der Waals surface area (Å²) in [6.07, 6.45) is 0. The molecule has 0 fully saturated rings. The Morgan fingerprint density at radius 1 is 1.17 bits per heavy atom. The normalized spacial score (nSPS) is 10.4. The zero-order chi connectivity index (χ0) is 22.3. The number of nitro groups is 1. The fourth-order valence-electron chi connectivity index (χ4n) is 2.46. The Labute approximate surface area is 175 Å². The molecule has 11 heteroatoms. The molecule has 1 aromatic heterocycles. The lowest BCUT2D eigenvalue weighted by Gasteiger charge is -2.07. The van der Waals surface area contributed by atoms with E-state index in [9.17, 15) is 24.5 Å². The van der Waals surface area contributed by atoms with E-state index >= 15 is 0 Å². The summed E-state index contributed by atoms with van der Waals surface area (Å²) in [5.41, 5.74) is 0.0989. The number of amides is 1. The van der Waals surface area contributed by atoms with Crippen LogP contribution < -0.4 is 5.32 Å². The van der Waals surface area contributed by atoms with Crippen LogP contribution in [0, 0.1) is 17.0 Å². The van der Waals surface area contributed by atoms with Gasteiger partial charge < -0.3 is 19.5 Å². The molecule has 0 unspecified atom stereocenters. The Morgan fingerprint density at radius 2 is 1.90 bits per heavy atom. The van der Waals surface area contributed by atoms with Crippen LogP contribution in [0.5, 0.6) is 0 Å². The van der Waals surface area contributed by atoms with Crippen LogP contribution in [0.1, 0.15) is 42.9 Å². The number of methoxy groups -OCH3 is 1. The zero-order valence-electron chi connectivity index (χ0n) is 16.6. The standard InChI is InChI=1S/C19H20N2O8S/c1-4-28-18(23)14-11(2)15(19(24)29-9-8-27-3)30-17(14)20-16(22)12-6-5-7-13(10-12)21(25)26/h5-7,10H,4,8-9H2,1-3H3,(H,20,22). The third kappa shape index (κ3) is 5.39. The molecule has 0 aliphatic rings. The van der Waals surface area contributed by atoms with Crippen molar-refractivity contribution in [1.82, 2.24) is 0 Å². The van der Waals surface area contributed by atoms with Crippen molar-refractivity contribution in [3.05, 3.63) is 55.9 Å². The van der Waals surface area contributed by atoms with Gasteiger partial charge in [-0.3, -0.25) is 14.9 Å². The summed E-state index contributed by atoms with van der Waals surface area (Å²) in [6.45, 7) is 3.49. The number of benzene rings is 1. The van der Waals surface area contributed by atoms with E-state index in [4.69, 9.17) is 14.2 Å². The number of carbonyl (C=O) groups excluding carboxylic acids is 3. The number of carbonyl (C=O) groups is 3. The predicted molar refractivity (Wildman–Crippen MR) is 108 cm³/mol. The second-order valence-electron chi connectivity index (χ2n) is 5.87. The summed E-state index contributed by atoms with van der Waals surface area (Å²) >= 11 is 0.858. The van der Waals surface area contributed by atoms with Crippen LogP contribution in [0.3, 0.4) is 0 Å². The maximum Gasteiger partial charge on any atom is 0.348 e. The van der Waals surface area contributed by atoms with Gasteiger partial charge in [0, 0.05) is 24.8 Å². The van der Waals surface area contributed by atoms with Gasteiger partial charge in [0.1, 0.15) is 16.5 Å². The molecule has 0 atom stereocenters. The molecule has 1 N–H and O–H groups in total. The molecular weight excluding hydrogens is 416 g/mol. The van der Waals surface area contributed by atoms with E-state index in [-0.39, 0.29) is 46.5 Å². The fourth-order valence-corrected chi connectivity index (χ4v) is 3.55. The lowest BCUT2D eigenvalue weighted by atomic mass is 10.1. The highest BCUT2D eigenvalue weighted by Gasteiger charge is 2.27. The molecule has 160 valence electrons. The number of anilines is 1.